The van der Waals surface area contributed by atoms with Crippen LogP contribution in [0.3, 0.4) is 0 Å². The number of halogens is 1. The molecule has 0 N–H and O–H groups in total. The van der Waals surface area contributed by atoms with Crippen LogP contribution in [0.25, 0.3) is 11.3 Å². The van der Waals surface area contributed by atoms with Crippen LogP contribution in [0.15, 0.2) is 28.7 Å². The van der Waals surface area contributed by atoms with Crippen LogP contribution in [0.2, 0.25) is 0 Å². The highest BCUT2D eigenvalue weighted by atomic mass is 79.9. The van der Waals surface area contributed by atoms with E-state index < -0.39 is 0 Å². The summed E-state index contributed by atoms with van der Waals surface area (Å²) < 4.78 is 2.32. The van der Waals surface area contributed by atoms with Gasteiger partial charge in [-0.3, -0.25) is 9.48 Å². The van der Waals surface area contributed by atoms with Gasteiger partial charge in [0.2, 0.25) is 0 Å². The van der Waals surface area contributed by atoms with Crippen molar-refractivity contribution in [1.82, 2.24) is 9.78 Å². The first-order valence-electron chi connectivity index (χ1n) is 4.88. The maximum Gasteiger partial charge on any atom is 0.169 e. The lowest BCUT2D eigenvalue weighted by molar-refractivity contribution is 0.111. The van der Waals surface area contributed by atoms with Crippen LogP contribution in [0.4, 0.5) is 0 Å². The summed E-state index contributed by atoms with van der Waals surface area (Å²) in [4.78, 5) is 10.9. The molecular formula is C12H11BrN2O. The number of carbonyl (C=O) groups excluding carboxylic acids is 1. The summed E-state index contributed by atoms with van der Waals surface area (Å²) in [5.41, 5.74) is 3.53. The van der Waals surface area contributed by atoms with Crippen molar-refractivity contribution in [3.8, 4) is 11.3 Å². The van der Waals surface area contributed by atoms with Crippen LogP contribution in [-0.2, 0) is 7.05 Å². The molecule has 82 valence electrons. The number of hydrogen-bond acceptors (Lipinski definition) is 2. The molecule has 0 spiro atoms. The Hall–Kier alpha value is -1.42. The lowest BCUT2D eigenvalue weighted by Gasteiger charge is -1.98. The van der Waals surface area contributed by atoms with Gasteiger partial charge in [0.15, 0.2) is 6.29 Å². The monoisotopic (exact) mass is 278 g/mol. The standard InChI is InChI=1S/C12H11BrN2O/c1-8-4-3-5-9(6-8)12-11(13)10(7-16)15(2)14-12/h3-7H,1-2H3. The van der Waals surface area contributed by atoms with E-state index in [0.717, 1.165) is 22.0 Å². The quantitative estimate of drug-likeness (QED) is 0.792. The fraction of sp³-hybridized carbons (Fsp3) is 0.167. The van der Waals surface area contributed by atoms with Gasteiger partial charge in [0.1, 0.15) is 11.4 Å². The second-order valence-electron chi connectivity index (χ2n) is 3.66. The van der Waals surface area contributed by atoms with Crippen molar-refractivity contribution in [3.63, 3.8) is 0 Å². The zero-order valence-corrected chi connectivity index (χ0v) is 10.7. The third-order valence-electron chi connectivity index (χ3n) is 2.43. The molecule has 0 aliphatic carbocycles. The van der Waals surface area contributed by atoms with E-state index in [4.69, 9.17) is 0 Å². The molecule has 4 heteroatoms. The Labute approximate surface area is 102 Å². The maximum absolute atomic E-state index is 10.9. The molecule has 0 unspecified atom stereocenters. The van der Waals surface area contributed by atoms with Crippen molar-refractivity contribution < 1.29 is 4.79 Å². The van der Waals surface area contributed by atoms with Crippen LogP contribution in [-0.4, -0.2) is 16.1 Å². The van der Waals surface area contributed by atoms with E-state index in [9.17, 15) is 4.79 Å². The molecule has 1 aromatic heterocycles. The molecule has 2 aromatic rings. The van der Waals surface area contributed by atoms with Crippen molar-refractivity contribution >= 4 is 22.2 Å². The Morgan fingerprint density at radius 1 is 1.44 bits per heavy atom. The summed E-state index contributed by atoms with van der Waals surface area (Å²) in [7, 11) is 1.76. The number of nitrogens with zero attached hydrogens (tertiary/aromatic N) is 2. The minimum atomic E-state index is 0.552. The van der Waals surface area contributed by atoms with E-state index >= 15 is 0 Å². The van der Waals surface area contributed by atoms with Gasteiger partial charge in [0.25, 0.3) is 0 Å². The normalized spacial score (nSPS) is 10.4. The minimum Gasteiger partial charge on any atom is -0.296 e. The highest BCUT2D eigenvalue weighted by Crippen LogP contribution is 2.29. The topological polar surface area (TPSA) is 34.9 Å². The Morgan fingerprint density at radius 3 is 2.75 bits per heavy atom. The zero-order chi connectivity index (χ0) is 11.7. The second kappa shape index (κ2) is 4.22. The molecule has 0 radical (unpaired) electrons. The predicted molar refractivity (Wildman–Crippen MR) is 66.5 cm³/mol. The summed E-state index contributed by atoms with van der Waals surface area (Å²) in [6.07, 6.45) is 0.802. The molecule has 0 saturated heterocycles. The van der Waals surface area contributed by atoms with E-state index in [1.165, 1.54) is 5.56 Å². The summed E-state index contributed by atoms with van der Waals surface area (Å²) in [6, 6.07) is 8.03. The van der Waals surface area contributed by atoms with E-state index in [2.05, 4.69) is 21.0 Å². The number of carbonyl (C=O) groups is 1. The van der Waals surface area contributed by atoms with Crippen LogP contribution in [0, 0.1) is 6.92 Å². The van der Waals surface area contributed by atoms with Gasteiger partial charge in [0.05, 0.1) is 4.47 Å². The molecule has 0 saturated carbocycles. The van der Waals surface area contributed by atoms with Gasteiger partial charge in [-0.2, -0.15) is 5.10 Å². The van der Waals surface area contributed by atoms with Crippen LogP contribution < -0.4 is 0 Å². The highest BCUT2D eigenvalue weighted by molar-refractivity contribution is 9.10. The summed E-state index contributed by atoms with van der Waals surface area (Å²) in [5.74, 6) is 0. The minimum absolute atomic E-state index is 0.552. The molecule has 3 nitrogen and oxygen atoms in total. The highest BCUT2D eigenvalue weighted by Gasteiger charge is 2.14. The van der Waals surface area contributed by atoms with Gasteiger partial charge in [-0.1, -0.05) is 23.8 Å². The molecule has 1 aromatic carbocycles. The SMILES string of the molecule is Cc1cccc(-c2nn(C)c(C=O)c2Br)c1. The van der Waals surface area contributed by atoms with Gasteiger partial charge >= 0.3 is 0 Å². The first kappa shape index (κ1) is 11.1. The fourth-order valence-electron chi connectivity index (χ4n) is 1.62. The fourth-order valence-corrected chi connectivity index (χ4v) is 2.27. The third kappa shape index (κ3) is 1.80. The van der Waals surface area contributed by atoms with Crippen LogP contribution in [0.5, 0.6) is 0 Å². The zero-order valence-electron chi connectivity index (χ0n) is 9.07. The van der Waals surface area contributed by atoms with E-state index in [1.807, 2.05) is 31.2 Å². The Bertz CT molecular complexity index is 546. The average Bonchev–Trinajstić information content (AvgIpc) is 2.54. The van der Waals surface area contributed by atoms with Crippen molar-refractivity contribution in [2.75, 3.05) is 0 Å². The van der Waals surface area contributed by atoms with Gasteiger partial charge in [-0.25, -0.2) is 0 Å². The molecule has 0 aliphatic rings. The predicted octanol–water partition coefficient (Wildman–Crippen LogP) is 2.97. The molecule has 1 heterocycles. The number of aldehydes is 1. The number of aromatic nitrogens is 2. The second-order valence-corrected chi connectivity index (χ2v) is 4.45. The Balaban J connectivity index is 2.61. The lowest BCUT2D eigenvalue weighted by Crippen LogP contribution is -1.96. The summed E-state index contributed by atoms with van der Waals surface area (Å²) >= 11 is 3.41. The van der Waals surface area contributed by atoms with Crippen molar-refractivity contribution in [2.45, 2.75) is 6.92 Å². The first-order chi connectivity index (χ1) is 7.63. The van der Waals surface area contributed by atoms with Crippen molar-refractivity contribution in [2.24, 2.45) is 7.05 Å². The van der Waals surface area contributed by atoms with Gasteiger partial charge in [-0.05, 0) is 28.9 Å². The molecule has 16 heavy (non-hydrogen) atoms. The van der Waals surface area contributed by atoms with E-state index in [0.29, 0.717) is 5.69 Å². The third-order valence-corrected chi connectivity index (χ3v) is 3.22. The molecule has 2 rings (SSSR count). The molecule has 0 amide bonds. The Morgan fingerprint density at radius 2 is 2.19 bits per heavy atom. The van der Waals surface area contributed by atoms with E-state index in [-0.39, 0.29) is 0 Å². The van der Waals surface area contributed by atoms with Gasteiger partial charge in [0, 0.05) is 12.6 Å². The molecule has 0 atom stereocenters. The van der Waals surface area contributed by atoms with E-state index in [1.54, 1.807) is 11.7 Å². The molecule has 0 fully saturated rings. The first-order valence-corrected chi connectivity index (χ1v) is 5.67. The maximum atomic E-state index is 10.9. The number of hydrogen-bond donors (Lipinski definition) is 0. The van der Waals surface area contributed by atoms with Gasteiger partial charge < -0.3 is 0 Å². The van der Waals surface area contributed by atoms with Crippen LogP contribution in [0.1, 0.15) is 16.1 Å². The molecular weight excluding hydrogens is 268 g/mol. The van der Waals surface area contributed by atoms with Crippen molar-refractivity contribution in [3.05, 3.63) is 40.0 Å². The molecule has 0 aliphatic heterocycles. The number of aryl methyl sites for hydroxylation is 2. The average molecular weight is 279 g/mol. The largest absolute Gasteiger partial charge is 0.296 e. The van der Waals surface area contributed by atoms with Gasteiger partial charge in [-0.15, -0.1) is 0 Å². The lowest BCUT2D eigenvalue weighted by atomic mass is 10.1. The molecule has 0 bridgehead atoms. The van der Waals surface area contributed by atoms with Crippen LogP contribution >= 0.6 is 15.9 Å². The summed E-state index contributed by atoms with van der Waals surface area (Å²) in [5, 5.41) is 4.33. The summed E-state index contributed by atoms with van der Waals surface area (Å²) in [6.45, 7) is 2.03. The number of rotatable bonds is 2. The smallest absolute Gasteiger partial charge is 0.169 e. The Kier molecular flexibility index (Phi) is 2.92. The van der Waals surface area contributed by atoms with Crippen molar-refractivity contribution in [1.29, 1.82) is 0 Å². The number of benzene rings is 1.